The molecule has 108 valence electrons. The van der Waals surface area contributed by atoms with Crippen molar-refractivity contribution in [2.75, 3.05) is 7.11 Å². The first kappa shape index (κ1) is 15.3. The standard InChI is InChI=1S/C15H18ClNO2S/c1-15(2,3)14-17-11(8-20-14)13(18)9-5-6-10(16)12(7-9)19-4/h5-8,13,18H,1-4H3. The van der Waals surface area contributed by atoms with Gasteiger partial charge in [0.25, 0.3) is 0 Å². The zero-order chi connectivity index (χ0) is 14.9. The van der Waals surface area contributed by atoms with E-state index in [-0.39, 0.29) is 5.41 Å². The molecule has 0 fully saturated rings. The van der Waals surface area contributed by atoms with Crippen LogP contribution in [0.1, 0.15) is 43.1 Å². The van der Waals surface area contributed by atoms with Gasteiger partial charge in [0.05, 0.1) is 22.8 Å². The van der Waals surface area contributed by atoms with Gasteiger partial charge in [-0.3, -0.25) is 0 Å². The first-order valence-electron chi connectivity index (χ1n) is 6.30. The SMILES string of the molecule is COc1cc(C(O)c2csc(C(C)(C)C)n2)ccc1Cl. The van der Waals surface area contributed by atoms with Crippen molar-refractivity contribution in [3.8, 4) is 5.75 Å². The lowest BCUT2D eigenvalue weighted by molar-refractivity contribution is 0.215. The van der Waals surface area contributed by atoms with Gasteiger partial charge in [-0.05, 0) is 17.7 Å². The van der Waals surface area contributed by atoms with Gasteiger partial charge in [0.1, 0.15) is 11.9 Å². The van der Waals surface area contributed by atoms with Crippen LogP contribution in [-0.4, -0.2) is 17.2 Å². The van der Waals surface area contributed by atoms with Crippen LogP contribution in [0.2, 0.25) is 5.02 Å². The van der Waals surface area contributed by atoms with Gasteiger partial charge in [0.15, 0.2) is 0 Å². The van der Waals surface area contributed by atoms with Gasteiger partial charge < -0.3 is 9.84 Å². The van der Waals surface area contributed by atoms with Crippen LogP contribution in [-0.2, 0) is 5.41 Å². The van der Waals surface area contributed by atoms with Gasteiger partial charge in [-0.2, -0.15) is 0 Å². The molecule has 1 aromatic carbocycles. The molecule has 0 saturated heterocycles. The maximum atomic E-state index is 10.4. The van der Waals surface area contributed by atoms with Crippen molar-refractivity contribution in [3.05, 3.63) is 44.9 Å². The monoisotopic (exact) mass is 311 g/mol. The summed E-state index contributed by atoms with van der Waals surface area (Å²) in [6, 6.07) is 5.24. The fraction of sp³-hybridized carbons (Fsp3) is 0.400. The number of halogens is 1. The molecule has 5 heteroatoms. The molecule has 0 spiro atoms. The summed E-state index contributed by atoms with van der Waals surface area (Å²) in [7, 11) is 1.55. The summed E-state index contributed by atoms with van der Waals surface area (Å²) in [5.74, 6) is 0.550. The van der Waals surface area contributed by atoms with Crippen LogP contribution in [0.4, 0.5) is 0 Å². The van der Waals surface area contributed by atoms with Crippen molar-refractivity contribution in [1.82, 2.24) is 4.98 Å². The molecule has 0 aliphatic rings. The first-order chi connectivity index (χ1) is 9.32. The molecule has 1 atom stereocenters. The number of hydrogen-bond donors (Lipinski definition) is 1. The Bertz CT molecular complexity index is 604. The van der Waals surface area contributed by atoms with Crippen molar-refractivity contribution < 1.29 is 9.84 Å². The van der Waals surface area contributed by atoms with E-state index in [2.05, 4.69) is 25.8 Å². The molecule has 0 bridgehead atoms. The van der Waals surface area contributed by atoms with Gasteiger partial charge in [0.2, 0.25) is 0 Å². The molecule has 1 N–H and O–H groups in total. The van der Waals surface area contributed by atoms with Crippen molar-refractivity contribution in [2.24, 2.45) is 0 Å². The highest BCUT2D eigenvalue weighted by molar-refractivity contribution is 7.09. The van der Waals surface area contributed by atoms with Crippen LogP contribution < -0.4 is 4.74 Å². The Morgan fingerprint density at radius 2 is 2.05 bits per heavy atom. The molecule has 0 radical (unpaired) electrons. The number of ether oxygens (including phenoxy) is 1. The Labute approximate surface area is 128 Å². The zero-order valence-corrected chi connectivity index (χ0v) is 13.5. The number of aromatic nitrogens is 1. The molecule has 1 heterocycles. The number of rotatable bonds is 3. The molecule has 0 aliphatic heterocycles. The van der Waals surface area contributed by atoms with Crippen LogP contribution in [0.3, 0.4) is 0 Å². The second-order valence-electron chi connectivity index (χ2n) is 5.62. The summed E-state index contributed by atoms with van der Waals surface area (Å²) in [4.78, 5) is 4.53. The topological polar surface area (TPSA) is 42.4 Å². The number of benzene rings is 1. The van der Waals surface area contributed by atoms with E-state index in [0.717, 1.165) is 10.6 Å². The van der Waals surface area contributed by atoms with E-state index >= 15 is 0 Å². The van der Waals surface area contributed by atoms with Crippen LogP contribution in [0, 0.1) is 0 Å². The quantitative estimate of drug-likeness (QED) is 0.924. The Morgan fingerprint density at radius 3 is 2.60 bits per heavy atom. The van der Waals surface area contributed by atoms with E-state index in [1.54, 1.807) is 36.6 Å². The average molecular weight is 312 g/mol. The molecule has 3 nitrogen and oxygen atoms in total. The smallest absolute Gasteiger partial charge is 0.137 e. The number of aliphatic hydroxyl groups is 1. The predicted molar refractivity (Wildman–Crippen MR) is 82.9 cm³/mol. The van der Waals surface area contributed by atoms with E-state index in [0.29, 0.717) is 16.5 Å². The predicted octanol–water partition coefficient (Wildman–Crippen LogP) is 4.18. The maximum Gasteiger partial charge on any atom is 0.137 e. The number of thiazole rings is 1. The van der Waals surface area contributed by atoms with Gasteiger partial charge in [-0.1, -0.05) is 38.4 Å². The van der Waals surface area contributed by atoms with Crippen molar-refractivity contribution in [3.63, 3.8) is 0 Å². The maximum absolute atomic E-state index is 10.4. The summed E-state index contributed by atoms with van der Waals surface area (Å²) in [5.41, 5.74) is 1.36. The molecular formula is C15H18ClNO2S. The highest BCUT2D eigenvalue weighted by Crippen LogP contribution is 2.33. The fourth-order valence-electron chi connectivity index (χ4n) is 1.77. The number of hydrogen-bond acceptors (Lipinski definition) is 4. The first-order valence-corrected chi connectivity index (χ1v) is 7.56. The molecular weight excluding hydrogens is 294 g/mol. The van der Waals surface area contributed by atoms with Gasteiger partial charge in [-0.25, -0.2) is 4.98 Å². The highest BCUT2D eigenvalue weighted by Gasteiger charge is 2.21. The Balaban J connectivity index is 2.31. The Morgan fingerprint density at radius 1 is 1.35 bits per heavy atom. The lowest BCUT2D eigenvalue weighted by Crippen LogP contribution is -2.11. The molecule has 0 amide bonds. The van der Waals surface area contributed by atoms with Gasteiger partial charge in [0, 0.05) is 10.8 Å². The largest absolute Gasteiger partial charge is 0.495 e. The van der Waals surface area contributed by atoms with Crippen molar-refractivity contribution >= 4 is 22.9 Å². The normalized spacial score (nSPS) is 13.3. The van der Waals surface area contributed by atoms with Gasteiger partial charge >= 0.3 is 0 Å². The third kappa shape index (κ3) is 3.14. The summed E-state index contributed by atoms with van der Waals surface area (Å²) >= 11 is 7.55. The molecule has 1 aromatic heterocycles. The van der Waals surface area contributed by atoms with Gasteiger partial charge in [-0.15, -0.1) is 11.3 Å². The van der Waals surface area contributed by atoms with Crippen LogP contribution >= 0.6 is 22.9 Å². The third-order valence-corrected chi connectivity index (χ3v) is 4.53. The molecule has 0 saturated carbocycles. The average Bonchev–Trinajstić information content (AvgIpc) is 2.88. The van der Waals surface area contributed by atoms with Crippen LogP contribution in [0.25, 0.3) is 0 Å². The molecule has 20 heavy (non-hydrogen) atoms. The van der Waals surface area contributed by atoms with E-state index in [1.165, 1.54) is 0 Å². The lowest BCUT2D eigenvalue weighted by Gasteiger charge is -2.14. The Hall–Kier alpha value is -1.10. The second-order valence-corrected chi connectivity index (χ2v) is 6.89. The fourth-order valence-corrected chi connectivity index (χ4v) is 2.89. The number of aliphatic hydroxyl groups excluding tert-OH is 1. The van der Waals surface area contributed by atoms with Crippen molar-refractivity contribution in [2.45, 2.75) is 32.3 Å². The summed E-state index contributed by atoms with van der Waals surface area (Å²) in [6.07, 6.45) is -0.770. The van der Waals surface area contributed by atoms with Crippen molar-refractivity contribution in [1.29, 1.82) is 0 Å². The summed E-state index contributed by atoms with van der Waals surface area (Å²) < 4.78 is 5.17. The van der Waals surface area contributed by atoms with E-state index in [1.807, 2.05) is 5.38 Å². The number of methoxy groups -OCH3 is 1. The summed E-state index contributed by atoms with van der Waals surface area (Å²) in [5, 5.41) is 13.9. The molecule has 2 aromatic rings. The lowest BCUT2D eigenvalue weighted by atomic mass is 9.98. The Kier molecular flexibility index (Phi) is 4.37. The molecule has 1 unspecified atom stereocenters. The van der Waals surface area contributed by atoms with E-state index in [4.69, 9.17) is 16.3 Å². The number of nitrogens with zero attached hydrogens (tertiary/aromatic N) is 1. The second kappa shape index (κ2) is 5.72. The van der Waals surface area contributed by atoms with Crippen LogP contribution in [0.15, 0.2) is 23.6 Å². The van der Waals surface area contributed by atoms with Crippen LogP contribution in [0.5, 0.6) is 5.75 Å². The molecule has 2 rings (SSSR count). The van der Waals surface area contributed by atoms with E-state index < -0.39 is 6.10 Å². The molecule has 0 aliphatic carbocycles. The minimum absolute atomic E-state index is 0.0136. The third-order valence-electron chi connectivity index (χ3n) is 2.93. The zero-order valence-electron chi connectivity index (χ0n) is 12.0. The summed E-state index contributed by atoms with van der Waals surface area (Å²) in [6.45, 7) is 6.31. The minimum atomic E-state index is -0.770. The minimum Gasteiger partial charge on any atom is -0.495 e. The highest BCUT2D eigenvalue weighted by atomic mass is 35.5. The van der Waals surface area contributed by atoms with E-state index in [9.17, 15) is 5.11 Å².